The van der Waals surface area contributed by atoms with Gasteiger partial charge >= 0.3 is 0 Å². The summed E-state index contributed by atoms with van der Waals surface area (Å²) in [6, 6.07) is 0. The molecule has 0 saturated carbocycles. The summed E-state index contributed by atoms with van der Waals surface area (Å²) in [6.07, 6.45) is -3.30. The van der Waals surface area contributed by atoms with Crippen molar-refractivity contribution in [3.63, 3.8) is 0 Å². The standard InChI is InChI=1S/C11H16FN5O8P2/c12-26(20,21)4-27(22,23)24-1-5-7(18)8(19)11(25-5)17-3-16-6-9(13)14-2-15-10(6)17/h2-3,5,7-8,11,18-19H,1,4H2,(H,20,21)(H,22,23)(H2,13,14,15)/p-2/t5-,7-,8-,11-/m1/s1. The zero-order valence-electron chi connectivity index (χ0n) is 13.4. The van der Waals surface area contributed by atoms with Gasteiger partial charge in [-0.2, -0.15) is 0 Å². The summed E-state index contributed by atoms with van der Waals surface area (Å²) in [7, 11) is -10.7. The highest BCUT2D eigenvalue weighted by Crippen LogP contribution is 2.56. The van der Waals surface area contributed by atoms with Gasteiger partial charge in [-0.05, 0) is 0 Å². The van der Waals surface area contributed by atoms with Crippen molar-refractivity contribution in [3.8, 4) is 0 Å². The van der Waals surface area contributed by atoms with E-state index in [4.69, 9.17) is 10.5 Å². The Balaban J connectivity index is 1.74. The monoisotopic (exact) mass is 425 g/mol. The Labute approximate surface area is 151 Å². The van der Waals surface area contributed by atoms with E-state index in [0.29, 0.717) is 0 Å². The summed E-state index contributed by atoms with van der Waals surface area (Å²) in [5.41, 5.74) is 6.08. The molecule has 3 heterocycles. The van der Waals surface area contributed by atoms with Gasteiger partial charge in [0, 0.05) is 0 Å². The second-order valence-corrected chi connectivity index (χ2v) is 9.56. The van der Waals surface area contributed by atoms with Gasteiger partial charge < -0.3 is 44.5 Å². The normalized spacial score (nSPS) is 28.5. The Morgan fingerprint density at radius 3 is 2.74 bits per heavy atom. The lowest BCUT2D eigenvalue weighted by molar-refractivity contribution is -0.322. The lowest BCUT2D eigenvalue weighted by atomic mass is 10.1. The molecule has 150 valence electrons. The van der Waals surface area contributed by atoms with Crippen molar-refractivity contribution >= 4 is 32.6 Å². The topological polar surface area (TPSA) is 215 Å². The van der Waals surface area contributed by atoms with Gasteiger partial charge in [-0.3, -0.25) is 4.57 Å². The fourth-order valence-electron chi connectivity index (χ4n) is 2.59. The molecule has 3 rings (SSSR count). The Kier molecular flexibility index (Phi) is 5.47. The second kappa shape index (κ2) is 7.24. The maximum Gasteiger partial charge on any atom is 0.174 e. The molecule has 1 aliphatic rings. The van der Waals surface area contributed by atoms with E-state index in [1.807, 2.05) is 0 Å². The molecule has 0 bridgehead atoms. The molecule has 0 amide bonds. The molecule has 0 aliphatic carbocycles. The second-order valence-electron chi connectivity index (χ2n) is 5.77. The number of rotatable bonds is 6. The zero-order valence-corrected chi connectivity index (χ0v) is 15.1. The van der Waals surface area contributed by atoms with Crippen LogP contribution in [0, 0.1) is 0 Å². The number of hydrogen-bond acceptors (Lipinski definition) is 12. The highest BCUT2D eigenvalue weighted by Gasteiger charge is 2.45. The highest BCUT2D eigenvalue weighted by molar-refractivity contribution is 7.71. The molecule has 27 heavy (non-hydrogen) atoms. The number of imidazole rings is 1. The van der Waals surface area contributed by atoms with Gasteiger partial charge in [0.25, 0.3) is 0 Å². The molecular weight excluding hydrogens is 411 g/mol. The predicted molar refractivity (Wildman–Crippen MR) is 82.1 cm³/mol. The van der Waals surface area contributed by atoms with Crippen molar-refractivity contribution in [2.45, 2.75) is 24.5 Å². The van der Waals surface area contributed by atoms with Crippen LogP contribution in [0.25, 0.3) is 11.2 Å². The summed E-state index contributed by atoms with van der Waals surface area (Å²) in [6.45, 7) is -0.834. The Bertz CT molecular complexity index is 878. The number of anilines is 1. The molecule has 1 fully saturated rings. The van der Waals surface area contributed by atoms with E-state index in [1.165, 1.54) is 10.9 Å². The van der Waals surface area contributed by atoms with Crippen LogP contribution >= 0.6 is 15.6 Å². The Morgan fingerprint density at radius 1 is 1.37 bits per heavy atom. The van der Waals surface area contributed by atoms with Gasteiger partial charge in [0.15, 0.2) is 25.3 Å². The van der Waals surface area contributed by atoms with Crippen LogP contribution in [0.3, 0.4) is 0 Å². The van der Waals surface area contributed by atoms with Gasteiger partial charge in [-0.1, -0.05) is 4.20 Å². The Morgan fingerprint density at radius 2 is 2.07 bits per heavy atom. The number of aliphatic hydroxyl groups excluding tert-OH is 2. The van der Waals surface area contributed by atoms with Crippen LogP contribution in [0.15, 0.2) is 12.7 Å². The SMILES string of the molecule is Nc1ncnc2c1ncn2[C@@H]1O[C@H](COP(=O)([O-])C[P+]([O-])([O-])F)[C@@H](O)[C@H]1O. The minimum atomic E-state index is -5.60. The molecule has 0 aromatic carbocycles. The van der Waals surface area contributed by atoms with Gasteiger partial charge in [-0.15, -0.1) is 0 Å². The van der Waals surface area contributed by atoms with Gasteiger partial charge in [0.1, 0.15) is 44.1 Å². The fourth-order valence-corrected chi connectivity index (χ4v) is 4.94. The van der Waals surface area contributed by atoms with Crippen molar-refractivity contribution in [1.82, 2.24) is 19.5 Å². The van der Waals surface area contributed by atoms with Crippen molar-refractivity contribution in [2.24, 2.45) is 0 Å². The molecule has 1 unspecified atom stereocenters. The molecule has 0 radical (unpaired) electrons. The summed E-state index contributed by atoms with van der Waals surface area (Å²) in [5.74, 6) is -1.75. The number of nitrogen functional groups attached to an aromatic ring is 1. The molecule has 13 nitrogen and oxygen atoms in total. The maximum absolute atomic E-state index is 12.5. The van der Waals surface area contributed by atoms with Crippen LogP contribution in [0.1, 0.15) is 6.23 Å². The van der Waals surface area contributed by atoms with Crippen LogP contribution in [-0.2, 0) is 13.8 Å². The van der Waals surface area contributed by atoms with Gasteiger partial charge in [0.05, 0.1) is 12.9 Å². The minimum absolute atomic E-state index is 0.0761. The van der Waals surface area contributed by atoms with E-state index in [1.54, 1.807) is 0 Å². The molecule has 2 aromatic rings. The molecule has 4 N–H and O–H groups in total. The molecule has 0 spiro atoms. The molecular formula is C11H14FN5O8P2-2. The van der Waals surface area contributed by atoms with Crippen molar-refractivity contribution in [3.05, 3.63) is 12.7 Å². The minimum Gasteiger partial charge on any atom is -0.776 e. The van der Waals surface area contributed by atoms with Gasteiger partial charge in [0.2, 0.25) is 0 Å². The molecule has 5 atom stereocenters. The lowest BCUT2D eigenvalue weighted by Gasteiger charge is -2.31. The average molecular weight is 425 g/mol. The number of aliphatic hydroxyl groups is 2. The summed E-state index contributed by atoms with van der Waals surface area (Å²) in [4.78, 5) is 44.1. The van der Waals surface area contributed by atoms with E-state index < -0.39 is 52.7 Å². The maximum atomic E-state index is 12.5. The first-order valence-corrected chi connectivity index (χ1v) is 10.8. The number of ether oxygens (including phenoxy) is 1. The number of nitrogens with two attached hydrogens (primary N) is 1. The first-order chi connectivity index (χ1) is 12.5. The molecule has 16 heteroatoms. The first-order valence-electron chi connectivity index (χ1n) is 7.37. The van der Waals surface area contributed by atoms with Crippen molar-refractivity contribution < 1.29 is 42.9 Å². The summed E-state index contributed by atoms with van der Waals surface area (Å²) < 4.78 is 35.1. The van der Waals surface area contributed by atoms with Crippen LogP contribution < -0.4 is 20.4 Å². The largest absolute Gasteiger partial charge is 0.776 e. The molecule has 2 aromatic heterocycles. The van der Waals surface area contributed by atoms with Gasteiger partial charge in [-0.25, -0.2) is 15.0 Å². The number of fused-ring (bicyclic) bond motifs is 1. The average Bonchev–Trinajstić information content (AvgIpc) is 3.07. The molecule has 1 aliphatic heterocycles. The highest BCUT2D eigenvalue weighted by atomic mass is 31.3. The van der Waals surface area contributed by atoms with Crippen LogP contribution in [0.4, 0.5) is 10.0 Å². The van der Waals surface area contributed by atoms with Crippen LogP contribution in [0.2, 0.25) is 0 Å². The quantitative estimate of drug-likeness (QED) is 0.395. The summed E-state index contributed by atoms with van der Waals surface area (Å²) >= 11 is 0. The van der Waals surface area contributed by atoms with E-state index >= 15 is 0 Å². The van der Waals surface area contributed by atoms with E-state index in [9.17, 15) is 33.7 Å². The third-order valence-corrected chi connectivity index (χ3v) is 7.06. The van der Waals surface area contributed by atoms with Crippen molar-refractivity contribution in [2.75, 3.05) is 18.2 Å². The van der Waals surface area contributed by atoms with Crippen LogP contribution in [0.5, 0.6) is 0 Å². The first kappa shape index (κ1) is 20.4. The smallest absolute Gasteiger partial charge is 0.174 e. The van der Waals surface area contributed by atoms with Crippen LogP contribution in [-0.4, -0.2) is 60.6 Å². The lowest BCUT2D eigenvalue weighted by Crippen LogP contribution is -2.34. The number of hydrogen-bond donors (Lipinski definition) is 3. The fraction of sp³-hybridized carbons (Fsp3) is 0.545. The van der Waals surface area contributed by atoms with E-state index in [-0.39, 0.29) is 17.0 Å². The number of aromatic nitrogens is 4. The van der Waals surface area contributed by atoms with E-state index in [2.05, 4.69) is 19.5 Å². The van der Waals surface area contributed by atoms with Crippen molar-refractivity contribution in [1.29, 1.82) is 0 Å². The van der Waals surface area contributed by atoms with E-state index in [0.717, 1.165) is 6.33 Å². The number of nitrogens with zero attached hydrogens (tertiary/aromatic N) is 4. The Hall–Kier alpha value is -1.34. The molecule has 1 saturated heterocycles. The predicted octanol–water partition coefficient (Wildman–Crippen LogP) is -2.99. The third kappa shape index (κ3) is 4.40. The third-order valence-electron chi connectivity index (χ3n) is 3.78. The zero-order chi connectivity index (χ0) is 20.0. The number of halogens is 1. The summed E-state index contributed by atoms with van der Waals surface area (Å²) in [5, 5.41) is 20.2.